The van der Waals surface area contributed by atoms with Crippen LogP contribution < -0.4 is 11.1 Å². The second-order valence-electron chi connectivity index (χ2n) is 4.23. The molecule has 0 bridgehead atoms. The smallest absolute Gasteiger partial charge is 0.324 e. The molecule has 0 spiro atoms. The maximum absolute atomic E-state index is 11.6. The van der Waals surface area contributed by atoms with Crippen LogP contribution in [0.15, 0.2) is 11.2 Å². The number of carbonyl (C=O) groups excluding carboxylic acids is 2. The maximum Gasteiger partial charge on any atom is 0.324 e. The van der Waals surface area contributed by atoms with Crippen molar-refractivity contribution in [2.24, 2.45) is 0 Å². The van der Waals surface area contributed by atoms with Gasteiger partial charge < -0.3 is 11.1 Å². The van der Waals surface area contributed by atoms with Crippen LogP contribution in [0.2, 0.25) is 0 Å². The van der Waals surface area contributed by atoms with E-state index in [-0.39, 0.29) is 11.9 Å². The first kappa shape index (κ1) is 13.6. The standard InChI is InChI=1S/C11H15N5O2S/c1-6-5-8(12)15-10(13-6)19-4-3-16-9(17)7(2)14-11(16)18/h5,7H,3-4H2,1-2H3,(H,14,18)(H2,12,13,15). The van der Waals surface area contributed by atoms with Gasteiger partial charge in [0.1, 0.15) is 11.9 Å². The molecular weight excluding hydrogens is 266 g/mol. The zero-order valence-electron chi connectivity index (χ0n) is 10.7. The lowest BCUT2D eigenvalue weighted by Gasteiger charge is -2.11. The van der Waals surface area contributed by atoms with Crippen LogP contribution in [0.1, 0.15) is 12.6 Å². The van der Waals surface area contributed by atoms with Crippen molar-refractivity contribution in [3.63, 3.8) is 0 Å². The van der Waals surface area contributed by atoms with Gasteiger partial charge in [-0.2, -0.15) is 0 Å². The fourth-order valence-corrected chi connectivity index (χ4v) is 2.56. The summed E-state index contributed by atoms with van der Waals surface area (Å²) in [6, 6.07) is 0.898. The highest BCUT2D eigenvalue weighted by Crippen LogP contribution is 2.16. The van der Waals surface area contributed by atoms with Crippen molar-refractivity contribution in [3.05, 3.63) is 11.8 Å². The summed E-state index contributed by atoms with van der Waals surface area (Å²) in [7, 11) is 0. The number of nitrogens with two attached hydrogens (primary N) is 1. The average Bonchev–Trinajstić information content (AvgIpc) is 2.54. The van der Waals surface area contributed by atoms with E-state index < -0.39 is 6.04 Å². The second kappa shape index (κ2) is 5.43. The molecule has 0 aromatic carbocycles. The Morgan fingerprint density at radius 1 is 1.47 bits per heavy atom. The number of urea groups is 1. The first-order chi connectivity index (χ1) is 8.97. The molecule has 1 aromatic heterocycles. The van der Waals surface area contributed by atoms with Gasteiger partial charge in [-0.05, 0) is 13.8 Å². The van der Waals surface area contributed by atoms with Gasteiger partial charge in [0.15, 0.2) is 5.16 Å². The minimum atomic E-state index is -0.441. The Morgan fingerprint density at radius 3 is 2.79 bits per heavy atom. The van der Waals surface area contributed by atoms with E-state index in [1.54, 1.807) is 13.0 Å². The Bertz CT molecular complexity index is 502. The van der Waals surface area contributed by atoms with Crippen molar-refractivity contribution in [3.8, 4) is 0 Å². The van der Waals surface area contributed by atoms with Crippen LogP contribution in [-0.2, 0) is 4.79 Å². The number of nitrogens with one attached hydrogen (secondary N) is 1. The molecule has 0 saturated carbocycles. The lowest BCUT2D eigenvalue weighted by Crippen LogP contribution is -2.33. The van der Waals surface area contributed by atoms with E-state index in [2.05, 4.69) is 15.3 Å². The van der Waals surface area contributed by atoms with Crippen molar-refractivity contribution in [2.75, 3.05) is 18.0 Å². The van der Waals surface area contributed by atoms with E-state index in [0.717, 1.165) is 5.69 Å². The average molecular weight is 281 g/mol. The van der Waals surface area contributed by atoms with E-state index >= 15 is 0 Å². The number of hydrogen-bond acceptors (Lipinski definition) is 6. The Kier molecular flexibility index (Phi) is 3.89. The van der Waals surface area contributed by atoms with Crippen molar-refractivity contribution in [1.29, 1.82) is 0 Å². The molecule has 1 fully saturated rings. The van der Waals surface area contributed by atoms with Crippen LogP contribution in [0.25, 0.3) is 0 Å². The van der Waals surface area contributed by atoms with E-state index in [0.29, 0.717) is 23.3 Å². The number of nitrogen functional groups attached to an aromatic ring is 1. The number of carbonyl (C=O) groups is 2. The van der Waals surface area contributed by atoms with Crippen molar-refractivity contribution in [2.45, 2.75) is 25.0 Å². The molecule has 1 atom stereocenters. The van der Waals surface area contributed by atoms with Crippen molar-refractivity contribution in [1.82, 2.24) is 20.2 Å². The minimum Gasteiger partial charge on any atom is -0.384 e. The Labute approximate surface area is 115 Å². The highest BCUT2D eigenvalue weighted by Gasteiger charge is 2.34. The SMILES string of the molecule is Cc1cc(N)nc(SCCN2C(=O)NC(C)C2=O)n1. The van der Waals surface area contributed by atoms with E-state index in [1.165, 1.54) is 16.7 Å². The third-order valence-electron chi connectivity index (χ3n) is 2.62. The summed E-state index contributed by atoms with van der Waals surface area (Å²) in [6.07, 6.45) is 0. The topological polar surface area (TPSA) is 101 Å². The van der Waals surface area contributed by atoms with Crippen LogP contribution >= 0.6 is 11.8 Å². The number of thioether (sulfide) groups is 1. The molecule has 3 amide bonds. The van der Waals surface area contributed by atoms with E-state index in [4.69, 9.17) is 5.73 Å². The van der Waals surface area contributed by atoms with Crippen molar-refractivity contribution >= 4 is 29.5 Å². The molecule has 2 heterocycles. The molecule has 1 saturated heterocycles. The van der Waals surface area contributed by atoms with Crippen LogP contribution in [-0.4, -0.2) is 45.1 Å². The fourth-order valence-electron chi connectivity index (χ4n) is 1.73. The first-order valence-corrected chi connectivity index (χ1v) is 6.82. The lowest BCUT2D eigenvalue weighted by molar-refractivity contribution is -0.126. The number of nitrogens with zero attached hydrogens (tertiary/aromatic N) is 3. The fraction of sp³-hybridized carbons (Fsp3) is 0.455. The van der Waals surface area contributed by atoms with Gasteiger partial charge in [-0.3, -0.25) is 9.69 Å². The van der Waals surface area contributed by atoms with Gasteiger partial charge in [0.25, 0.3) is 5.91 Å². The highest BCUT2D eigenvalue weighted by atomic mass is 32.2. The number of aromatic nitrogens is 2. The van der Waals surface area contributed by atoms with Gasteiger partial charge in [-0.1, -0.05) is 11.8 Å². The normalized spacial score (nSPS) is 18.8. The largest absolute Gasteiger partial charge is 0.384 e. The van der Waals surface area contributed by atoms with Crippen LogP contribution in [0, 0.1) is 6.92 Å². The summed E-state index contributed by atoms with van der Waals surface area (Å²) in [5.41, 5.74) is 6.41. The predicted molar refractivity (Wildman–Crippen MR) is 71.6 cm³/mol. The molecule has 0 radical (unpaired) electrons. The number of hydrogen-bond donors (Lipinski definition) is 2. The third kappa shape index (κ3) is 3.14. The number of aryl methyl sites for hydroxylation is 1. The number of anilines is 1. The van der Waals surface area contributed by atoms with Gasteiger partial charge in [0.2, 0.25) is 0 Å². The maximum atomic E-state index is 11.6. The first-order valence-electron chi connectivity index (χ1n) is 5.83. The van der Waals surface area contributed by atoms with E-state index in [1.807, 2.05) is 6.92 Å². The molecule has 19 heavy (non-hydrogen) atoms. The zero-order valence-corrected chi connectivity index (χ0v) is 11.5. The van der Waals surface area contributed by atoms with Gasteiger partial charge in [-0.15, -0.1) is 0 Å². The predicted octanol–water partition coefficient (Wildman–Crippen LogP) is 0.400. The van der Waals surface area contributed by atoms with Gasteiger partial charge in [0, 0.05) is 24.1 Å². The quantitative estimate of drug-likeness (QED) is 0.470. The number of imide groups is 1. The summed E-state index contributed by atoms with van der Waals surface area (Å²) in [5.74, 6) is 0.753. The molecular formula is C11H15N5O2S. The molecule has 1 unspecified atom stereocenters. The Morgan fingerprint density at radius 2 is 2.21 bits per heavy atom. The van der Waals surface area contributed by atoms with Crippen LogP contribution in [0.3, 0.4) is 0 Å². The monoisotopic (exact) mass is 281 g/mol. The second-order valence-corrected chi connectivity index (χ2v) is 5.29. The van der Waals surface area contributed by atoms with Crippen molar-refractivity contribution < 1.29 is 9.59 Å². The molecule has 2 rings (SSSR count). The van der Waals surface area contributed by atoms with Crippen LogP contribution in [0.4, 0.5) is 10.6 Å². The summed E-state index contributed by atoms with van der Waals surface area (Å²) >= 11 is 1.36. The molecule has 1 aromatic rings. The summed E-state index contributed by atoms with van der Waals surface area (Å²) in [6.45, 7) is 3.83. The Hall–Kier alpha value is -1.83. The highest BCUT2D eigenvalue weighted by molar-refractivity contribution is 7.99. The molecule has 8 heteroatoms. The molecule has 102 valence electrons. The summed E-state index contributed by atoms with van der Waals surface area (Å²) in [4.78, 5) is 32.6. The molecule has 1 aliphatic heterocycles. The molecule has 0 aliphatic carbocycles. The van der Waals surface area contributed by atoms with Gasteiger partial charge >= 0.3 is 6.03 Å². The third-order valence-corrected chi connectivity index (χ3v) is 3.45. The Balaban J connectivity index is 1.90. The zero-order chi connectivity index (χ0) is 14.0. The summed E-state index contributed by atoms with van der Waals surface area (Å²) < 4.78 is 0. The molecule has 1 aliphatic rings. The van der Waals surface area contributed by atoms with Gasteiger partial charge in [-0.25, -0.2) is 14.8 Å². The molecule has 7 nitrogen and oxygen atoms in total. The minimum absolute atomic E-state index is 0.199. The van der Waals surface area contributed by atoms with Gasteiger partial charge in [0.05, 0.1) is 0 Å². The number of rotatable bonds is 4. The van der Waals surface area contributed by atoms with Crippen LogP contribution in [0.5, 0.6) is 0 Å². The molecule has 3 N–H and O–H groups in total. The lowest BCUT2D eigenvalue weighted by atomic mass is 10.3. The number of amides is 3. The summed E-state index contributed by atoms with van der Waals surface area (Å²) in [5, 5.41) is 3.11. The van der Waals surface area contributed by atoms with E-state index in [9.17, 15) is 9.59 Å².